The summed E-state index contributed by atoms with van der Waals surface area (Å²) in [5.74, 6) is -6.00. The number of likely N-dealkylation sites (N-methyl/N-ethyl adjacent to an activating group) is 1. The van der Waals surface area contributed by atoms with E-state index in [9.17, 15) is 24.3 Å². The SMILES string of the molecule is CN1C(=N)/C(=C\C(=N)c2ccc(C(=O)O)cc2)C(O)=C(C(=O)NCC(=O)O)C1=O. The zero-order chi connectivity index (χ0) is 21.9. The number of amides is 2. The number of carbonyl (C=O) groups is 4. The highest BCUT2D eigenvalue weighted by Gasteiger charge is 2.36. The van der Waals surface area contributed by atoms with Gasteiger partial charge >= 0.3 is 11.9 Å². The van der Waals surface area contributed by atoms with E-state index < -0.39 is 47.5 Å². The number of carbonyl (C=O) groups excluding carboxylic acids is 2. The first-order chi connectivity index (χ1) is 13.5. The molecule has 0 saturated carbocycles. The molecule has 0 spiro atoms. The molecule has 0 fully saturated rings. The molecule has 1 aromatic rings. The van der Waals surface area contributed by atoms with Crippen LogP contribution in [0, 0.1) is 10.8 Å². The number of benzene rings is 1. The Bertz CT molecular complexity index is 1010. The van der Waals surface area contributed by atoms with Crippen LogP contribution in [0.3, 0.4) is 0 Å². The highest BCUT2D eigenvalue weighted by molar-refractivity contribution is 6.29. The average molecular weight is 400 g/mol. The zero-order valence-electron chi connectivity index (χ0n) is 15.0. The third kappa shape index (κ3) is 4.35. The van der Waals surface area contributed by atoms with E-state index in [1.807, 2.05) is 5.32 Å². The number of hydrogen-bond donors (Lipinski definition) is 6. The smallest absolute Gasteiger partial charge is 0.335 e. The normalized spacial score (nSPS) is 15.5. The minimum atomic E-state index is -1.36. The van der Waals surface area contributed by atoms with Gasteiger partial charge in [0.2, 0.25) is 0 Å². The Labute approximate surface area is 163 Å². The monoisotopic (exact) mass is 400 g/mol. The van der Waals surface area contributed by atoms with Crippen LogP contribution in [0.5, 0.6) is 0 Å². The Hall–Kier alpha value is -4.28. The Morgan fingerprint density at radius 2 is 1.69 bits per heavy atom. The van der Waals surface area contributed by atoms with Crippen LogP contribution >= 0.6 is 0 Å². The number of hydrogen-bond acceptors (Lipinski definition) is 7. The van der Waals surface area contributed by atoms with Gasteiger partial charge in [0.15, 0.2) is 0 Å². The summed E-state index contributed by atoms with van der Waals surface area (Å²) in [6.45, 7) is -0.783. The predicted molar refractivity (Wildman–Crippen MR) is 99.1 cm³/mol. The van der Waals surface area contributed by atoms with E-state index in [1.165, 1.54) is 31.3 Å². The summed E-state index contributed by atoms with van der Waals surface area (Å²) in [6, 6.07) is 5.25. The number of aliphatic hydroxyl groups excluding tert-OH is 1. The van der Waals surface area contributed by atoms with Gasteiger partial charge in [0.25, 0.3) is 11.8 Å². The van der Waals surface area contributed by atoms with Gasteiger partial charge in [-0.3, -0.25) is 24.7 Å². The van der Waals surface area contributed by atoms with Crippen LogP contribution in [-0.2, 0) is 14.4 Å². The highest BCUT2D eigenvalue weighted by atomic mass is 16.4. The van der Waals surface area contributed by atoms with Crippen molar-refractivity contribution in [1.82, 2.24) is 10.2 Å². The van der Waals surface area contributed by atoms with Crippen LogP contribution in [0.4, 0.5) is 0 Å². The molecule has 1 aliphatic heterocycles. The summed E-state index contributed by atoms with van der Waals surface area (Å²) in [5, 5.41) is 46.0. The molecule has 0 unspecified atom stereocenters. The summed E-state index contributed by atoms with van der Waals surface area (Å²) >= 11 is 0. The Morgan fingerprint density at radius 3 is 2.21 bits per heavy atom. The van der Waals surface area contributed by atoms with Crippen molar-refractivity contribution in [2.24, 2.45) is 0 Å². The van der Waals surface area contributed by atoms with Gasteiger partial charge < -0.3 is 26.0 Å². The number of allylic oxidation sites excluding steroid dienone is 1. The molecule has 29 heavy (non-hydrogen) atoms. The number of aliphatic carboxylic acids is 1. The molecule has 2 rings (SSSR count). The molecule has 2 amide bonds. The van der Waals surface area contributed by atoms with Gasteiger partial charge in [-0.15, -0.1) is 0 Å². The maximum absolute atomic E-state index is 12.3. The zero-order valence-corrected chi connectivity index (χ0v) is 15.0. The lowest BCUT2D eigenvalue weighted by Gasteiger charge is -2.27. The Kier molecular flexibility index (Phi) is 5.92. The quantitative estimate of drug-likeness (QED) is 0.289. The van der Waals surface area contributed by atoms with Crippen molar-refractivity contribution in [3.05, 3.63) is 58.4 Å². The number of nitrogens with one attached hydrogen (secondary N) is 3. The fourth-order valence-corrected chi connectivity index (χ4v) is 2.40. The molecule has 1 aromatic carbocycles. The van der Waals surface area contributed by atoms with Gasteiger partial charge in [0.1, 0.15) is 23.7 Å². The van der Waals surface area contributed by atoms with Crippen molar-refractivity contribution in [2.75, 3.05) is 13.6 Å². The molecular weight excluding hydrogens is 384 g/mol. The average Bonchev–Trinajstić information content (AvgIpc) is 2.68. The minimum Gasteiger partial charge on any atom is -0.506 e. The molecule has 1 aliphatic rings. The van der Waals surface area contributed by atoms with Crippen LogP contribution in [0.25, 0.3) is 0 Å². The number of carboxylic acid groups (broad SMARTS) is 2. The number of rotatable bonds is 6. The summed E-state index contributed by atoms with van der Waals surface area (Å²) in [7, 11) is 1.18. The maximum atomic E-state index is 12.3. The summed E-state index contributed by atoms with van der Waals surface area (Å²) in [4.78, 5) is 46.7. The van der Waals surface area contributed by atoms with Crippen LogP contribution in [0.1, 0.15) is 15.9 Å². The molecular formula is C18H16N4O7. The largest absolute Gasteiger partial charge is 0.506 e. The van der Waals surface area contributed by atoms with Crippen molar-refractivity contribution >= 4 is 35.3 Å². The first kappa shape index (κ1) is 21.0. The first-order valence-corrected chi connectivity index (χ1v) is 7.99. The van der Waals surface area contributed by atoms with E-state index in [0.29, 0.717) is 0 Å². The van der Waals surface area contributed by atoms with Gasteiger partial charge in [-0.2, -0.15) is 0 Å². The highest BCUT2D eigenvalue weighted by Crippen LogP contribution is 2.24. The van der Waals surface area contributed by atoms with Crippen molar-refractivity contribution in [3.63, 3.8) is 0 Å². The maximum Gasteiger partial charge on any atom is 0.335 e. The summed E-state index contributed by atoms with van der Waals surface area (Å²) < 4.78 is 0. The summed E-state index contributed by atoms with van der Waals surface area (Å²) in [5.41, 5.74) is -1.02. The number of nitrogens with zero attached hydrogens (tertiary/aromatic N) is 1. The van der Waals surface area contributed by atoms with Crippen LogP contribution in [0.2, 0.25) is 0 Å². The predicted octanol–water partition coefficient (Wildman–Crippen LogP) is 0.141. The van der Waals surface area contributed by atoms with Gasteiger partial charge in [-0.1, -0.05) is 12.1 Å². The van der Waals surface area contributed by atoms with E-state index in [0.717, 1.165) is 11.0 Å². The second-order valence-electron chi connectivity index (χ2n) is 5.87. The lowest BCUT2D eigenvalue weighted by atomic mass is 9.97. The van der Waals surface area contributed by atoms with Crippen LogP contribution in [-0.4, -0.2) is 69.1 Å². The molecule has 0 bridgehead atoms. The van der Waals surface area contributed by atoms with Gasteiger partial charge in [0, 0.05) is 7.05 Å². The minimum absolute atomic E-state index is 0.00470. The fourth-order valence-electron chi connectivity index (χ4n) is 2.40. The number of amidine groups is 1. The molecule has 0 aliphatic carbocycles. The topological polar surface area (TPSA) is 192 Å². The molecule has 150 valence electrons. The van der Waals surface area contributed by atoms with Gasteiger partial charge in [-0.05, 0) is 23.8 Å². The molecule has 0 radical (unpaired) electrons. The van der Waals surface area contributed by atoms with Crippen molar-refractivity contribution in [2.45, 2.75) is 0 Å². The van der Waals surface area contributed by atoms with E-state index in [-0.39, 0.29) is 22.4 Å². The molecule has 1 heterocycles. The molecule has 0 saturated heterocycles. The summed E-state index contributed by atoms with van der Waals surface area (Å²) in [6.07, 6.45) is 1.04. The molecule has 0 atom stereocenters. The molecule has 6 N–H and O–H groups in total. The van der Waals surface area contributed by atoms with E-state index in [4.69, 9.17) is 21.0 Å². The standard InChI is InChI=1S/C18H16N4O7/c1-22-15(20)10(6-11(19)8-2-4-9(5-3-8)18(28)29)14(25)13(17(22)27)16(26)21-7-12(23)24/h2-6,19-20,25H,7H2,1H3,(H,21,26)(H,23,24)(H,28,29)/b10-6-,19-11?,20-15?. The Morgan fingerprint density at radius 1 is 1.14 bits per heavy atom. The van der Waals surface area contributed by atoms with Gasteiger partial charge in [-0.25, -0.2) is 4.79 Å². The molecule has 11 heteroatoms. The lowest BCUT2D eigenvalue weighted by molar-refractivity contribution is -0.138. The number of aromatic carboxylic acids is 1. The number of carboxylic acids is 2. The second-order valence-corrected chi connectivity index (χ2v) is 5.87. The van der Waals surface area contributed by atoms with Crippen molar-refractivity contribution in [1.29, 1.82) is 10.8 Å². The van der Waals surface area contributed by atoms with Crippen LogP contribution < -0.4 is 5.32 Å². The van der Waals surface area contributed by atoms with Crippen molar-refractivity contribution < 1.29 is 34.5 Å². The van der Waals surface area contributed by atoms with E-state index >= 15 is 0 Å². The Balaban J connectivity index is 2.44. The fraction of sp³-hybridized carbons (Fsp3) is 0.111. The second kappa shape index (κ2) is 8.17. The van der Waals surface area contributed by atoms with E-state index in [1.54, 1.807) is 0 Å². The third-order valence-electron chi connectivity index (χ3n) is 3.96. The van der Waals surface area contributed by atoms with Gasteiger partial charge in [0.05, 0.1) is 16.8 Å². The molecule has 0 aromatic heterocycles. The van der Waals surface area contributed by atoms with Crippen LogP contribution in [0.15, 0.2) is 47.2 Å². The third-order valence-corrected chi connectivity index (χ3v) is 3.96. The first-order valence-electron chi connectivity index (χ1n) is 7.99. The van der Waals surface area contributed by atoms with E-state index in [2.05, 4.69) is 0 Å². The number of aliphatic hydroxyl groups is 1. The van der Waals surface area contributed by atoms with Crippen molar-refractivity contribution in [3.8, 4) is 0 Å². The molecule has 11 nitrogen and oxygen atoms in total. The lowest BCUT2D eigenvalue weighted by Crippen LogP contribution is -2.45.